The van der Waals surface area contributed by atoms with Gasteiger partial charge in [-0.2, -0.15) is 0 Å². The number of rotatable bonds is 3. The quantitative estimate of drug-likeness (QED) is 0.505. The van der Waals surface area contributed by atoms with E-state index in [-0.39, 0.29) is 24.1 Å². The molecule has 1 fully saturated rings. The molecule has 1 saturated heterocycles. The van der Waals surface area contributed by atoms with Crippen LogP contribution in [0.3, 0.4) is 0 Å². The first kappa shape index (κ1) is 26.5. The number of piperidine rings is 1. The number of carbonyl (C=O) groups excluding carboxylic acids is 2. The summed E-state index contributed by atoms with van der Waals surface area (Å²) < 4.78 is 13.1. The van der Waals surface area contributed by atoms with Crippen molar-refractivity contribution in [1.29, 1.82) is 0 Å². The molecule has 2 aliphatic heterocycles. The van der Waals surface area contributed by atoms with Crippen LogP contribution in [-0.4, -0.2) is 60.3 Å². The van der Waals surface area contributed by atoms with Crippen molar-refractivity contribution >= 4 is 22.9 Å². The summed E-state index contributed by atoms with van der Waals surface area (Å²) in [5.41, 5.74) is 1.65. The molecule has 0 aliphatic carbocycles. The van der Waals surface area contributed by atoms with Crippen LogP contribution in [0.5, 0.6) is 5.75 Å². The molecule has 2 amide bonds. The minimum absolute atomic E-state index is 0.0764. The number of aromatic nitrogens is 1. The molecular formula is C30H34N4O5. The summed E-state index contributed by atoms with van der Waals surface area (Å²) in [6.45, 7) is 3.27. The fraction of sp³-hybridized carbons (Fsp3) is 0.367. The summed E-state index contributed by atoms with van der Waals surface area (Å²) >= 11 is 0. The molecule has 3 atom stereocenters. The minimum Gasteiger partial charge on any atom is -0.493 e. The molecule has 1 unspecified atom stereocenters. The van der Waals surface area contributed by atoms with Gasteiger partial charge < -0.3 is 29.6 Å². The van der Waals surface area contributed by atoms with Gasteiger partial charge in [-0.25, -0.2) is 4.79 Å². The number of hydrogen-bond acceptors (Lipinski definition) is 6. The van der Waals surface area contributed by atoms with Gasteiger partial charge in [0.25, 0.3) is 5.56 Å². The Morgan fingerprint density at radius 2 is 1.87 bits per heavy atom. The van der Waals surface area contributed by atoms with Crippen molar-refractivity contribution in [3.63, 3.8) is 0 Å². The molecule has 9 heteroatoms. The first-order chi connectivity index (χ1) is 19.1. The van der Waals surface area contributed by atoms with Crippen molar-refractivity contribution in [2.45, 2.75) is 32.0 Å². The number of nitrogens with one attached hydrogen (secondary N) is 2. The summed E-state index contributed by atoms with van der Waals surface area (Å²) in [7, 11) is 0. The van der Waals surface area contributed by atoms with E-state index < -0.39 is 12.0 Å². The predicted molar refractivity (Wildman–Crippen MR) is 149 cm³/mol. The highest BCUT2D eigenvalue weighted by Crippen LogP contribution is 2.22. The van der Waals surface area contributed by atoms with Crippen LogP contribution in [0, 0.1) is 5.92 Å². The third-order valence-electron chi connectivity index (χ3n) is 7.27. The van der Waals surface area contributed by atoms with Gasteiger partial charge >= 0.3 is 6.09 Å². The number of carbonyl (C=O) groups is 2. The number of benzene rings is 2. The summed E-state index contributed by atoms with van der Waals surface area (Å²) in [6.07, 6.45) is 4.63. The van der Waals surface area contributed by atoms with Gasteiger partial charge in [0.1, 0.15) is 12.4 Å². The van der Waals surface area contributed by atoms with Crippen molar-refractivity contribution in [2.75, 3.05) is 32.8 Å². The summed E-state index contributed by atoms with van der Waals surface area (Å²) in [5.74, 6) is 0.148. The number of pyridine rings is 1. The lowest BCUT2D eigenvalue weighted by molar-refractivity contribution is -0.127. The molecule has 4 bridgehead atoms. The normalized spacial score (nSPS) is 22.8. The SMILES string of the molecule is O=C(N[C@@H]1CCN2CCn3c(=O)ccc4ccc(cc43)OCC/C=C/CNC(=O)[C@H]1C2)OCc1ccccc1. The van der Waals surface area contributed by atoms with E-state index in [1.165, 1.54) is 0 Å². The molecule has 2 aliphatic rings. The smallest absolute Gasteiger partial charge is 0.407 e. The highest BCUT2D eigenvalue weighted by molar-refractivity contribution is 5.81. The Hall–Kier alpha value is -4.11. The van der Waals surface area contributed by atoms with Gasteiger partial charge in [0.2, 0.25) is 5.91 Å². The highest BCUT2D eigenvalue weighted by atomic mass is 16.5. The molecule has 3 heterocycles. The van der Waals surface area contributed by atoms with Crippen LogP contribution in [0.1, 0.15) is 18.4 Å². The second-order valence-electron chi connectivity index (χ2n) is 9.91. The Morgan fingerprint density at radius 3 is 2.74 bits per heavy atom. The zero-order valence-electron chi connectivity index (χ0n) is 21.9. The molecule has 39 heavy (non-hydrogen) atoms. The van der Waals surface area contributed by atoms with Gasteiger partial charge in [0.15, 0.2) is 0 Å². The van der Waals surface area contributed by atoms with Gasteiger partial charge in [-0.3, -0.25) is 9.59 Å². The highest BCUT2D eigenvalue weighted by Gasteiger charge is 2.35. The van der Waals surface area contributed by atoms with Crippen molar-refractivity contribution in [3.8, 4) is 5.75 Å². The van der Waals surface area contributed by atoms with E-state index in [1.807, 2.05) is 66.7 Å². The lowest BCUT2D eigenvalue weighted by Crippen LogP contribution is -2.56. The second-order valence-corrected chi connectivity index (χ2v) is 9.91. The van der Waals surface area contributed by atoms with Crippen LogP contribution < -0.4 is 20.9 Å². The van der Waals surface area contributed by atoms with Crippen LogP contribution in [0.2, 0.25) is 0 Å². The molecule has 0 saturated carbocycles. The number of ether oxygens (including phenoxy) is 2. The topological polar surface area (TPSA) is 102 Å². The molecule has 3 aromatic rings. The molecule has 1 aromatic heterocycles. The Bertz CT molecular complexity index is 1390. The van der Waals surface area contributed by atoms with Crippen molar-refractivity contribution in [1.82, 2.24) is 20.1 Å². The first-order valence-corrected chi connectivity index (χ1v) is 13.5. The van der Waals surface area contributed by atoms with Crippen LogP contribution in [-0.2, 0) is 22.7 Å². The zero-order chi connectivity index (χ0) is 27.0. The van der Waals surface area contributed by atoms with Crippen molar-refractivity contribution < 1.29 is 19.1 Å². The average molecular weight is 531 g/mol. The van der Waals surface area contributed by atoms with Crippen LogP contribution in [0.25, 0.3) is 10.9 Å². The largest absolute Gasteiger partial charge is 0.493 e. The van der Waals surface area contributed by atoms with E-state index in [2.05, 4.69) is 15.5 Å². The molecule has 204 valence electrons. The van der Waals surface area contributed by atoms with Crippen LogP contribution >= 0.6 is 0 Å². The Kier molecular flexibility index (Phi) is 8.58. The fourth-order valence-electron chi connectivity index (χ4n) is 5.14. The molecule has 2 aromatic carbocycles. The number of alkyl carbamates (subject to hydrolysis) is 1. The maximum atomic E-state index is 13.2. The minimum atomic E-state index is -0.536. The maximum absolute atomic E-state index is 13.2. The third-order valence-corrected chi connectivity index (χ3v) is 7.27. The van der Waals surface area contributed by atoms with Crippen LogP contribution in [0.4, 0.5) is 4.79 Å². The van der Waals surface area contributed by atoms with Gasteiger partial charge in [0, 0.05) is 50.9 Å². The molecule has 9 nitrogen and oxygen atoms in total. The van der Waals surface area contributed by atoms with Gasteiger partial charge in [-0.05, 0) is 42.0 Å². The Labute approximate surface area is 227 Å². The van der Waals surface area contributed by atoms with E-state index in [0.717, 1.165) is 22.2 Å². The van der Waals surface area contributed by atoms with E-state index >= 15 is 0 Å². The maximum Gasteiger partial charge on any atom is 0.407 e. The number of fused-ring (bicyclic) bond motifs is 3. The molecular weight excluding hydrogens is 496 g/mol. The van der Waals surface area contributed by atoms with Crippen LogP contribution in [0.15, 0.2) is 77.6 Å². The second kappa shape index (κ2) is 12.6. The van der Waals surface area contributed by atoms with E-state index in [4.69, 9.17) is 9.47 Å². The lowest BCUT2D eigenvalue weighted by Gasteiger charge is -2.38. The standard InChI is InChI=1S/C30H34N4O5/c35-28-12-10-23-9-11-24-19-27(23)34(28)17-16-33-15-13-26(32-30(37)39-21-22-7-3-1-4-8-22)25(20-33)29(36)31-14-5-2-6-18-38-24/h1-5,7-12,19,25-26H,6,13-18,20-21H2,(H,31,36)(H,32,37)/b5-2+/t25-,26+/m0/s1. The summed E-state index contributed by atoms with van der Waals surface area (Å²) in [5, 5.41) is 6.88. The monoisotopic (exact) mass is 530 g/mol. The van der Waals surface area contributed by atoms with Crippen molar-refractivity contribution in [3.05, 3.63) is 88.7 Å². The molecule has 2 N–H and O–H groups in total. The Morgan fingerprint density at radius 1 is 1.03 bits per heavy atom. The number of amides is 2. The fourth-order valence-corrected chi connectivity index (χ4v) is 5.14. The summed E-state index contributed by atoms with van der Waals surface area (Å²) in [4.78, 5) is 40.8. The molecule has 5 rings (SSSR count). The third kappa shape index (κ3) is 6.86. The number of nitrogens with zero attached hydrogens (tertiary/aromatic N) is 2. The lowest BCUT2D eigenvalue weighted by atomic mass is 9.91. The van der Waals surface area contributed by atoms with E-state index in [9.17, 15) is 14.4 Å². The number of hydrogen-bond donors (Lipinski definition) is 2. The van der Waals surface area contributed by atoms with Gasteiger partial charge in [-0.15, -0.1) is 0 Å². The van der Waals surface area contributed by atoms with E-state index in [0.29, 0.717) is 52.2 Å². The first-order valence-electron chi connectivity index (χ1n) is 13.5. The van der Waals surface area contributed by atoms with Gasteiger partial charge in [0.05, 0.1) is 18.0 Å². The van der Waals surface area contributed by atoms with Gasteiger partial charge in [-0.1, -0.05) is 42.5 Å². The van der Waals surface area contributed by atoms with Crippen molar-refractivity contribution in [2.24, 2.45) is 5.92 Å². The molecule has 0 radical (unpaired) electrons. The van der Waals surface area contributed by atoms with E-state index in [1.54, 1.807) is 10.6 Å². The average Bonchev–Trinajstić information content (AvgIpc) is 2.95. The summed E-state index contributed by atoms with van der Waals surface area (Å²) in [6, 6.07) is 18.4. The molecule has 0 spiro atoms. The Balaban J connectivity index is 1.31. The zero-order valence-corrected chi connectivity index (χ0v) is 21.9. The predicted octanol–water partition coefficient (Wildman–Crippen LogP) is 3.07.